The van der Waals surface area contributed by atoms with Crippen LogP contribution >= 0.6 is 22.6 Å². The van der Waals surface area contributed by atoms with Gasteiger partial charge in [0.1, 0.15) is 10.6 Å². The zero-order valence-electron chi connectivity index (χ0n) is 12.8. The summed E-state index contributed by atoms with van der Waals surface area (Å²) in [6.07, 6.45) is 0. The van der Waals surface area contributed by atoms with Crippen LogP contribution in [0.2, 0.25) is 0 Å². The lowest BCUT2D eigenvalue weighted by atomic mass is 9.87. The van der Waals surface area contributed by atoms with Crippen molar-refractivity contribution in [3.8, 4) is 5.75 Å². The number of rotatable bonds is 4. The molecule has 0 radical (unpaired) electrons. The van der Waals surface area contributed by atoms with Crippen LogP contribution in [0, 0.1) is 0 Å². The third-order valence-corrected chi connectivity index (χ3v) is 5.43. The Bertz CT molecular complexity index is 727. The maximum Gasteiger partial charge on any atom is 0.339 e. The molecule has 0 aromatic heterocycles. The van der Waals surface area contributed by atoms with Crippen LogP contribution in [0.15, 0.2) is 53.4 Å². The van der Waals surface area contributed by atoms with Crippen LogP contribution in [0.25, 0.3) is 0 Å². The van der Waals surface area contributed by atoms with Gasteiger partial charge in [0.05, 0.1) is 0 Å². The van der Waals surface area contributed by atoms with Crippen molar-refractivity contribution < 1.29 is 12.6 Å². The monoisotopic (exact) mass is 430 g/mol. The molecule has 22 heavy (non-hydrogen) atoms. The van der Waals surface area contributed by atoms with E-state index in [1.54, 1.807) is 36.4 Å². The van der Waals surface area contributed by atoms with E-state index in [1.807, 2.05) is 12.1 Å². The standard InChI is InChI=1S/C17H19IO3S/c1-17(2,3)14-6-8-15(9-7-14)21-22(19,20)16-10-4-13(12-18)5-11-16/h4-11H,12H2,1-3H3. The molecule has 0 aliphatic carbocycles. The van der Waals surface area contributed by atoms with Crippen LogP contribution in [-0.4, -0.2) is 8.42 Å². The van der Waals surface area contributed by atoms with Gasteiger partial charge in [-0.15, -0.1) is 0 Å². The second-order valence-electron chi connectivity index (χ2n) is 6.09. The number of halogens is 1. The Labute approximate surface area is 146 Å². The van der Waals surface area contributed by atoms with Gasteiger partial charge in [0.15, 0.2) is 0 Å². The van der Waals surface area contributed by atoms with E-state index in [1.165, 1.54) is 0 Å². The van der Waals surface area contributed by atoms with E-state index in [4.69, 9.17) is 4.18 Å². The molecule has 0 amide bonds. The first-order valence-electron chi connectivity index (χ1n) is 6.92. The van der Waals surface area contributed by atoms with E-state index in [2.05, 4.69) is 43.4 Å². The Hall–Kier alpha value is -1.08. The zero-order chi connectivity index (χ0) is 16.4. The second-order valence-corrected chi connectivity index (χ2v) is 8.40. The minimum Gasteiger partial charge on any atom is -0.379 e. The zero-order valence-corrected chi connectivity index (χ0v) is 15.8. The summed E-state index contributed by atoms with van der Waals surface area (Å²) in [6, 6.07) is 13.9. The van der Waals surface area contributed by atoms with Crippen LogP contribution in [0.3, 0.4) is 0 Å². The molecule has 2 aromatic rings. The SMILES string of the molecule is CC(C)(C)c1ccc(OS(=O)(=O)c2ccc(CI)cc2)cc1. The molecule has 0 unspecified atom stereocenters. The quantitative estimate of drug-likeness (QED) is 0.402. The number of alkyl halides is 1. The molecular weight excluding hydrogens is 411 g/mol. The van der Waals surface area contributed by atoms with E-state index in [0.29, 0.717) is 5.75 Å². The molecule has 0 fully saturated rings. The Morgan fingerprint density at radius 1 is 0.955 bits per heavy atom. The molecule has 0 N–H and O–H groups in total. The van der Waals surface area contributed by atoms with Gasteiger partial charge in [-0.05, 0) is 40.8 Å². The first kappa shape index (κ1) is 17.3. The van der Waals surface area contributed by atoms with Crippen LogP contribution < -0.4 is 4.18 Å². The fraction of sp³-hybridized carbons (Fsp3) is 0.294. The van der Waals surface area contributed by atoms with E-state index >= 15 is 0 Å². The first-order valence-corrected chi connectivity index (χ1v) is 9.86. The van der Waals surface area contributed by atoms with Crippen LogP contribution in [-0.2, 0) is 20.0 Å². The van der Waals surface area contributed by atoms with Crippen molar-refractivity contribution >= 4 is 32.7 Å². The van der Waals surface area contributed by atoms with E-state index in [9.17, 15) is 8.42 Å². The van der Waals surface area contributed by atoms with Crippen molar-refractivity contribution in [3.05, 3.63) is 59.7 Å². The summed E-state index contributed by atoms with van der Waals surface area (Å²) in [6.45, 7) is 6.32. The lowest BCUT2D eigenvalue weighted by Gasteiger charge is -2.19. The van der Waals surface area contributed by atoms with E-state index < -0.39 is 10.1 Å². The molecule has 3 nitrogen and oxygen atoms in total. The number of benzene rings is 2. The molecule has 0 bridgehead atoms. The van der Waals surface area contributed by atoms with Crippen molar-refractivity contribution in [2.45, 2.75) is 35.5 Å². The second kappa shape index (κ2) is 6.58. The van der Waals surface area contributed by atoms with Gasteiger partial charge in [-0.1, -0.05) is 67.6 Å². The summed E-state index contributed by atoms with van der Waals surface area (Å²) in [5.41, 5.74) is 2.23. The van der Waals surface area contributed by atoms with Gasteiger partial charge >= 0.3 is 10.1 Å². The summed E-state index contributed by atoms with van der Waals surface area (Å²) in [5.74, 6) is 0.325. The van der Waals surface area contributed by atoms with Crippen molar-refractivity contribution in [2.24, 2.45) is 0 Å². The highest BCUT2D eigenvalue weighted by atomic mass is 127. The van der Waals surface area contributed by atoms with Crippen LogP contribution in [0.4, 0.5) is 0 Å². The summed E-state index contributed by atoms with van der Waals surface area (Å²) < 4.78 is 30.6. The third kappa shape index (κ3) is 4.23. The van der Waals surface area contributed by atoms with Crippen molar-refractivity contribution in [2.75, 3.05) is 0 Å². The van der Waals surface area contributed by atoms with E-state index in [-0.39, 0.29) is 10.3 Å². The van der Waals surface area contributed by atoms with Crippen molar-refractivity contribution in [3.63, 3.8) is 0 Å². The smallest absolute Gasteiger partial charge is 0.339 e. The van der Waals surface area contributed by atoms with Crippen LogP contribution in [0.5, 0.6) is 5.75 Å². The average molecular weight is 430 g/mol. The molecule has 0 saturated carbocycles. The fourth-order valence-electron chi connectivity index (χ4n) is 1.93. The maximum atomic E-state index is 12.3. The molecule has 2 aromatic carbocycles. The summed E-state index contributed by atoms with van der Waals surface area (Å²) in [4.78, 5) is 0.168. The summed E-state index contributed by atoms with van der Waals surface area (Å²) >= 11 is 2.23. The highest BCUT2D eigenvalue weighted by Crippen LogP contribution is 2.26. The average Bonchev–Trinajstić information content (AvgIpc) is 2.46. The first-order chi connectivity index (χ1) is 10.2. The van der Waals surface area contributed by atoms with Gasteiger partial charge in [0, 0.05) is 4.43 Å². The van der Waals surface area contributed by atoms with Crippen molar-refractivity contribution in [1.82, 2.24) is 0 Å². The molecule has 118 valence electrons. The number of hydrogen-bond acceptors (Lipinski definition) is 3. The van der Waals surface area contributed by atoms with Gasteiger partial charge in [0.25, 0.3) is 0 Å². The minimum atomic E-state index is -3.79. The third-order valence-electron chi connectivity index (χ3n) is 3.29. The molecule has 2 rings (SSSR count). The molecule has 0 atom stereocenters. The van der Waals surface area contributed by atoms with Crippen molar-refractivity contribution in [1.29, 1.82) is 0 Å². The van der Waals surface area contributed by atoms with Gasteiger partial charge in [-0.3, -0.25) is 0 Å². The fourth-order valence-corrected chi connectivity index (χ4v) is 3.37. The molecule has 5 heteroatoms. The van der Waals surface area contributed by atoms with E-state index in [0.717, 1.165) is 15.6 Å². The Balaban J connectivity index is 2.21. The predicted molar refractivity (Wildman–Crippen MR) is 97.1 cm³/mol. The molecule has 0 aliphatic rings. The highest BCUT2D eigenvalue weighted by Gasteiger charge is 2.18. The summed E-state index contributed by atoms with van der Waals surface area (Å²) in [5, 5.41) is 0. The number of hydrogen-bond donors (Lipinski definition) is 0. The normalized spacial score (nSPS) is 12.2. The predicted octanol–water partition coefficient (Wildman–Crippen LogP) is 4.69. The summed E-state index contributed by atoms with van der Waals surface area (Å²) in [7, 11) is -3.79. The van der Waals surface area contributed by atoms with Gasteiger partial charge in [-0.25, -0.2) is 0 Å². The minimum absolute atomic E-state index is 0.0205. The lowest BCUT2D eigenvalue weighted by Crippen LogP contribution is -2.12. The Kier molecular flexibility index (Phi) is 5.17. The molecule has 0 heterocycles. The Morgan fingerprint density at radius 2 is 1.50 bits per heavy atom. The van der Waals surface area contributed by atoms with Gasteiger partial charge < -0.3 is 4.18 Å². The maximum absolute atomic E-state index is 12.3. The Morgan fingerprint density at radius 3 is 1.95 bits per heavy atom. The molecular formula is C17H19IO3S. The molecule has 0 saturated heterocycles. The lowest BCUT2D eigenvalue weighted by molar-refractivity contribution is 0.485. The van der Waals surface area contributed by atoms with Gasteiger partial charge in [0.2, 0.25) is 0 Å². The largest absolute Gasteiger partial charge is 0.379 e. The van der Waals surface area contributed by atoms with Gasteiger partial charge in [-0.2, -0.15) is 8.42 Å². The van der Waals surface area contributed by atoms with Crippen LogP contribution in [0.1, 0.15) is 31.9 Å². The topological polar surface area (TPSA) is 43.4 Å². The highest BCUT2D eigenvalue weighted by molar-refractivity contribution is 14.1. The molecule has 0 aliphatic heterocycles. The molecule has 0 spiro atoms.